The molecule has 0 saturated carbocycles. The number of thioether (sulfide) groups is 1. The molecule has 1 aromatic heterocycles. The zero-order valence-electron chi connectivity index (χ0n) is 17.3. The topological polar surface area (TPSA) is 153 Å². The van der Waals surface area contributed by atoms with Crippen molar-refractivity contribution in [2.24, 2.45) is 5.73 Å². The van der Waals surface area contributed by atoms with Gasteiger partial charge in [-0.3, -0.25) is 4.79 Å². The van der Waals surface area contributed by atoms with Crippen LogP contribution in [0.2, 0.25) is 0 Å². The number of amides is 1. The normalized spacial score (nSPS) is 16.1. The Balaban J connectivity index is 2.07. The molecule has 1 amide bonds. The smallest absolute Gasteiger partial charge is 0.450 e. The molecule has 3 N–H and O–H groups in total. The minimum atomic E-state index is -1.36. The number of hydrogen-bond donors (Lipinski definition) is 2. The molecule has 2 atom stereocenters. The van der Waals surface area contributed by atoms with E-state index in [2.05, 4.69) is 17.1 Å². The fourth-order valence-electron chi connectivity index (χ4n) is 3.69. The number of hydrogen-bond acceptors (Lipinski definition) is 8. The first-order chi connectivity index (χ1) is 15.4. The van der Waals surface area contributed by atoms with E-state index in [4.69, 9.17) is 15.6 Å². The third-order valence-corrected chi connectivity index (χ3v) is 6.39. The van der Waals surface area contributed by atoms with Crippen molar-refractivity contribution in [3.63, 3.8) is 0 Å². The summed E-state index contributed by atoms with van der Waals surface area (Å²) in [6.07, 6.45) is -1.04. The molecule has 1 aliphatic rings. The molecule has 164 valence electrons. The van der Waals surface area contributed by atoms with Gasteiger partial charge in [0.05, 0.1) is 17.7 Å². The SMILES string of the molecule is CCc1c(C#N)c(SC(C(N)=O)c2ccccc2)nc(N2CCC(OC(=O)O)C2)c1C#N. The number of carboxylic acid groups (broad SMARTS) is 1. The van der Waals surface area contributed by atoms with Gasteiger partial charge in [-0.15, -0.1) is 0 Å². The molecule has 1 fully saturated rings. The molecule has 10 heteroatoms. The summed E-state index contributed by atoms with van der Waals surface area (Å²) >= 11 is 1.06. The summed E-state index contributed by atoms with van der Waals surface area (Å²) in [5, 5.41) is 28.1. The van der Waals surface area contributed by atoms with E-state index in [1.807, 2.05) is 13.0 Å². The first-order valence-corrected chi connectivity index (χ1v) is 10.8. The monoisotopic (exact) mass is 451 g/mol. The highest BCUT2D eigenvalue weighted by atomic mass is 32.2. The Morgan fingerprint density at radius 3 is 2.56 bits per heavy atom. The summed E-state index contributed by atoms with van der Waals surface area (Å²) in [4.78, 5) is 29.5. The van der Waals surface area contributed by atoms with Crippen LogP contribution in [0.1, 0.15) is 40.8 Å². The molecule has 2 heterocycles. The summed E-state index contributed by atoms with van der Waals surface area (Å²) in [6, 6.07) is 13.2. The Morgan fingerprint density at radius 2 is 2.00 bits per heavy atom. The van der Waals surface area contributed by atoms with E-state index in [0.717, 1.165) is 11.8 Å². The maximum Gasteiger partial charge on any atom is 0.506 e. The first-order valence-electron chi connectivity index (χ1n) is 9.92. The molecule has 0 aliphatic carbocycles. The van der Waals surface area contributed by atoms with Crippen LogP contribution >= 0.6 is 11.8 Å². The van der Waals surface area contributed by atoms with Crippen LogP contribution < -0.4 is 10.6 Å². The van der Waals surface area contributed by atoms with Gasteiger partial charge in [-0.1, -0.05) is 49.0 Å². The fourth-order valence-corrected chi connectivity index (χ4v) is 4.75. The van der Waals surface area contributed by atoms with Gasteiger partial charge in [-0.05, 0) is 17.5 Å². The molecule has 0 radical (unpaired) electrons. The van der Waals surface area contributed by atoms with Gasteiger partial charge in [0, 0.05) is 13.0 Å². The van der Waals surface area contributed by atoms with Crippen molar-refractivity contribution < 1.29 is 19.4 Å². The molecular formula is C22H21N5O4S. The van der Waals surface area contributed by atoms with Crippen molar-refractivity contribution in [2.75, 3.05) is 18.0 Å². The van der Waals surface area contributed by atoms with Crippen LogP contribution in [0.25, 0.3) is 0 Å². The summed E-state index contributed by atoms with van der Waals surface area (Å²) in [5.74, 6) is -0.231. The van der Waals surface area contributed by atoms with E-state index in [-0.39, 0.29) is 17.7 Å². The van der Waals surface area contributed by atoms with Crippen molar-refractivity contribution in [1.29, 1.82) is 10.5 Å². The van der Waals surface area contributed by atoms with E-state index in [0.29, 0.717) is 41.4 Å². The number of nitriles is 2. The third kappa shape index (κ3) is 4.76. The summed E-state index contributed by atoms with van der Waals surface area (Å²) in [7, 11) is 0. The second kappa shape index (κ2) is 10.0. The number of ether oxygens (including phenoxy) is 1. The van der Waals surface area contributed by atoms with Gasteiger partial charge in [0.25, 0.3) is 0 Å². The minimum absolute atomic E-state index is 0.234. The lowest BCUT2D eigenvalue weighted by molar-refractivity contribution is -0.117. The number of carbonyl (C=O) groups excluding carboxylic acids is 1. The van der Waals surface area contributed by atoms with Crippen LogP contribution in [0.5, 0.6) is 0 Å². The Labute approximate surface area is 189 Å². The van der Waals surface area contributed by atoms with Gasteiger partial charge < -0.3 is 20.5 Å². The number of nitrogens with zero attached hydrogens (tertiary/aromatic N) is 4. The summed E-state index contributed by atoms with van der Waals surface area (Å²) < 4.78 is 4.87. The van der Waals surface area contributed by atoms with Crippen LogP contribution in [0.4, 0.5) is 10.6 Å². The van der Waals surface area contributed by atoms with Crippen molar-refractivity contribution in [1.82, 2.24) is 4.98 Å². The largest absolute Gasteiger partial charge is 0.506 e. The molecule has 9 nitrogen and oxygen atoms in total. The third-order valence-electron chi connectivity index (χ3n) is 5.13. The van der Waals surface area contributed by atoms with E-state index in [9.17, 15) is 20.1 Å². The van der Waals surface area contributed by atoms with Crippen LogP contribution in [-0.4, -0.2) is 41.3 Å². The zero-order valence-corrected chi connectivity index (χ0v) is 18.1. The second-order valence-electron chi connectivity index (χ2n) is 7.10. The van der Waals surface area contributed by atoms with Crippen molar-refractivity contribution in [3.05, 3.63) is 52.6 Å². The van der Waals surface area contributed by atoms with Gasteiger partial charge in [0.15, 0.2) is 0 Å². The van der Waals surface area contributed by atoms with Gasteiger partial charge in [-0.2, -0.15) is 10.5 Å². The molecule has 1 aromatic carbocycles. The van der Waals surface area contributed by atoms with Crippen molar-refractivity contribution >= 4 is 29.6 Å². The number of carbonyl (C=O) groups is 2. The van der Waals surface area contributed by atoms with Gasteiger partial charge in [0.1, 0.15) is 34.3 Å². The number of rotatable bonds is 7. The molecule has 2 unspecified atom stereocenters. The molecule has 0 bridgehead atoms. The molecule has 3 rings (SSSR count). The molecule has 32 heavy (non-hydrogen) atoms. The number of anilines is 1. The average molecular weight is 452 g/mol. The van der Waals surface area contributed by atoms with Gasteiger partial charge in [-0.25, -0.2) is 9.78 Å². The molecule has 0 spiro atoms. The Kier molecular flexibility index (Phi) is 7.18. The predicted molar refractivity (Wildman–Crippen MR) is 117 cm³/mol. The minimum Gasteiger partial charge on any atom is -0.450 e. The Morgan fingerprint density at radius 1 is 1.31 bits per heavy atom. The summed E-state index contributed by atoms with van der Waals surface area (Å²) in [5.41, 5.74) is 7.36. The molecule has 2 aromatic rings. The number of nitrogens with two attached hydrogens (primary N) is 1. The lowest BCUT2D eigenvalue weighted by atomic mass is 10.0. The van der Waals surface area contributed by atoms with Crippen LogP contribution in [0.15, 0.2) is 35.4 Å². The zero-order chi connectivity index (χ0) is 23.3. The highest BCUT2D eigenvalue weighted by Gasteiger charge is 2.31. The van der Waals surface area contributed by atoms with E-state index >= 15 is 0 Å². The molecule has 1 saturated heterocycles. The quantitative estimate of drug-likeness (QED) is 0.477. The maximum atomic E-state index is 12.2. The van der Waals surface area contributed by atoms with Crippen molar-refractivity contribution in [2.45, 2.75) is 36.1 Å². The fraction of sp³-hybridized carbons (Fsp3) is 0.318. The average Bonchev–Trinajstić information content (AvgIpc) is 3.24. The lowest BCUT2D eigenvalue weighted by Gasteiger charge is -2.23. The maximum absolute atomic E-state index is 12.2. The van der Waals surface area contributed by atoms with Gasteiger partial charge in [0.2, 0.25) is 5.91 Å². The van der Waals surface area contributed by atoms with Gasteiger partial charge >= 0.3 is 6.16 Å². The van der Waals surface area contributed by atoms with E-state index < -0.39 is 23.4 Å². The lowest BCUT2D eigenvalue weighted by Crippen LogP contribution is -2.26. The second-order valence-corrected chi connectivity index (χ2v) is 8.19. The molecule has 1 aliphatic heterocycles. The number of aromatic nitrogens is 1. The van der Waals surface area contributed by atoms with Crippen molar-refractivity contribution in [3.8, 4) is 12.1 Å². The number of pyridine rings is 1. The number of primary amides is 1. The summed E-state index contributed by atoms with van der Waals surface area (Å²) in [6.45, 7) is 2.51. The Hall–Kier alpha value is -3.76. The van der Waals surface area contributed by atoms with E-state index in [1.54, 1.807) is 29.2 Å². The highest BCUT2D eigenvalue weighted by Crippen LogP contribution is 2.40. The number of benzene rings is 1. The standard InChI is InChI=1S/C22H21N5O4S/c1-2-15-16(10-23)20(27-9-8-14(12-27)31-22(29)30)26-21(17(15)11-24)32-18(19(25)28)13-6-4-3-5-7-13/h3-7,14,18H,2,8-9,12H2,1H3,(H2,25,28)(H,29,30). The van der Waals surface area contributed by atoms with Crippen LogP contribution in [0.3, 0.4) is 0 Å². The Bertz CT molecular complexity index is 1110. The first kappa shape index (κ1) is 22.9. The van der Waals surface area contributed by atoms with E-state index in [1.165, 1.54) is 0 Å². The highest BCUT2D eigenvalue weighted by molar-refractivity contribution is 8.00. The van der Waals surface area contributed by atoms with Crippen LogP contribution in [0, 0.1) is 22.7 Å². The predicted octanol–water partition coefficient (Wildman–Crippen LogP) is 2.98. The van der Waals surface area contributed by atoms with Crippen LogP contribution in [-0.2, 0) is 16.0 Å². The molecular weight excluding hydrogens is 430 g/mol.